The summed E-state index contributed by atoms with van der Waals surface area (Å²) in [6.45, 7) is 3.52. The zero-order chi connectivity index (χ0) is 16.3. The molecule has 2 aromatic rings. The van der Waals surface area contributed by atoms with Crippen LogP contribution < -0.4 is 10.5 Å². The van der Waals surface area contributed by atoms with E-state index in [-0.39, 0.29) is 6.61 Å². The third kappa shape index (κ3) is 3.16. The minimum atomic E-state index is -0.566. The Bertz CT molecular complexity index is 717. The van der Waals surface area contributed by atoms with Crippen molar-refractivity contribution >= 4 is 11.7 Å². The highest BCUT2D eigenvalue weighted by Crippen LogP contribution is 2.24. The first-order valence-electron chi connectivity index (χ1n) is 6.66. The molecule has 0 spiro atoms. The van der Waals surface area contributed by atoms with Crippen molar-refractivity contribution in [2.24, 2.45) is 0 Å². The first-order chi connectivity index (χ1) is 10.4. The maximum Gasteiger partial charge on any atom is 0.338 e. The van der Waals surface area contributed by atoms with Crippen LogP contribution in [0.1, 0.15) is 27.2 Å². The molecule has 6 heteroatoms. The highest BCUT2D eigenvalue weighted by Gasteiger charge is 2.17. The normalized spacial score (nSPS) is 10.4. The second-order valence-corrected chi connectivity index (χ2v) is 4.81. The van der Waals surface area contributed by atoms with Crippen molar-refractivity contribution in [1.29, 1.82) is 0 Å². The number of halogens is 1. The molecule has 1 aromatic carbocycles. The molecule has 116 valence electrons. The van der Waals surface area contributed by atoms with E-state index in [9.17, 15) is 9.18 Å². The lowest BCUT2D eigenvalue weighted by Crippen LogP contribution is -2.12. The molecular weight excluding hydrogens is 287 g/mol. The number of esters is 1. The molecule has 0 unspecified atom stereocenters. The van der Waals surface area contributed by atoms with Gasteiger partial charge in [-0.05, 0) is 37.6 Å². The smallest absolute Gasteiger partial charge is 0.338 e. The van der Waals surface area contributed by atoms with Gasteiger partial charge in [0, 0.05) is 11.3 Å². The number of anilines is 1. The minimum absolute atomic E-state index is 0.125. The number of nitrogens with zero attached hydrogens (tertiary/aromatic N) is 1. The fraction of sp³-hybridized carbons (Fsp3) is 0.250. The zero-order valence-corrected chi connectivity index (χ0v) is 12.6. The van der Waals surface area contributed by atoms with Crippen molar-refractivity contribution < 1.29 is 18.7 Å². The molecule has 2 rings (SSSR count). The van der Waals surface area contributed by atoms with Crippen LogP contribution in [0.4, 0.5) is 10.1 Å². The average Bonchev–Trinajstić information content (AvgIpc) is 2.49. The quantitative estimate of drug-likeness (QED) is 0.534. The number of hydrogen-bond donors (Lipinski definition) is 1. The number of nitrogen functional groups attached to an aromatic ring is 1. The number of aryl methyl sites for hydroxylation is 1. The SMILES string of the molecule is COC(=O)c1c(COc2ccc(F)nc2C)ccc(N)c1C. The Morgan fingerprint density at radius 1 is 1.27 bits per heavy atom. The van der Waals surface area contributed by atoms with E-state index in [0.29, 0.717) is 33.8 Å². The summed E-state index contributed by atoms with van der Waals surface area (Å²) in [5, 5.41) is 0. The van der Waals surface area contributed by atoms with Crippen LogP contribution in [0.3, 0.4) is 0 Å². The average molecular weight is 304 g/mol. The Balaban J connectivity index is 2.30. The molecule has 0 atom stereocenters. The number of nitrogens with two attached hydrogens (primary N) is 1. The van der Waals surface area contributed by atoms with Gasteiger partial charge in [-0.1, -0.05) is 6.07 Å². The number of carbonyl (C=O) groups is 1. The maximum atomic E-state index is 13.0. The largest absolute Gasteiger partial charge is 0.487 e. The standard InChI is InChI=1S/C16H17FN2O3/c1-9-12(18)5-4-11(15(9)16(20)21-3)8-22-13-6-7-14(17)19-10(13)2/h4-7H,8,18H2,1-3H3. The Labute approximate surface area is 127 Å². The lowest BCUT2D eigenvalue weighted by molar-refractivity contribution is 0.0597. The van der Waals surface area contributed by atoms with Crippen LogP contribution in [0, 0.1) is 19.8 Å². The van der Waals surface area contributed by atoms with E-state index in [1.54, 1.807) is 26.0 Å². The van der Waals surface area contributed by atoms with Crippen molar-refractivity contribution in [2.45, 2.75) is 20.5 Å². The molecule has 0 aliphatic carbocycles. The van der Waals surface area contributed by atoms with E-state index in [1.165, 1.54) is 19.2 Å². The highest BCUT2D eigenvalue weighted by molar-refractivity contribution is 5.94. The molecular formula is C16H17FN2O3. The van der Waals surface area contributed by atoms with E-state index in [1.807, 2.05) is 0 Å². The van der Waals surface area contributed by atoms with Crippen LogP contribution >= 0.6 is 0 Å². The summed E-state index contributed by atoms with van der Waals surface area (Å²) >= 11 is 0. The summed E-state index contributed by atoms with van der Waals surface area (Å²) in [5.74, 6) is -0.590. The Kier molecular flexibility index (Phi) is 4.60. The van der Waals surface area contributed by atoms with Gasteiger partial charge in [-0.2, -0.15) is 4.39 Å². The van der Waals surface area contributed by atoms with Crippen molar-refractivity contribution in [1.82, 2.24) is 4.98 Å². The number of aromatic nitrogens is 1. The Hall–Kier alpha value is -2.63. The fourth-order valence-electron chi connectivity index (χ4n) is 2.12. The van der Waals surface area contributed by atoms with Gasteiger partial charge in [-0.3, -0.25) is 0 Å². The summed E-state index contributed by atoms with van der Waals surface area (Å²) in [5.41, 5.74) is 8.44. The number of benzene rings is 1. The van der Waals surface area contributed by atoms with Crippen LogP contribution in [-0.2, 0) is 11.3 Å². The van der Waals surface area contributed by atoms with E-state index in [0.717, 1.165) is 0 Å². The van der Waals surface area contributed by atoms with E-state index in [2.05, 4.69) is 4.98 Å². The third-order valence-corrected chi connectivity index (χ3v) is 3.37. The van der Waals surface area contributed by atoms with Crippen LogP contribution in [0.25, 0.3) is 0 Å². The summed E-state index contributed by atoms with van der Waals surface area (Å²) < 4.78 is 23.4. The number of pyridine rings is 1. The van der Waals surface area contributed by atoms with Gasteiger partial charge in [-0.25, -0.2) is 9.78 Å². The molecule has 0 bridgehead atoms. The molecule has 0 aliphatic heterocycles. The Morgan fingerprint density at radius 2 is 2.00 bits per heavy atom. The van der Waals surface area contributed by atoms with Gasteiger partial charge in [0.25, 0.3) is 0 Å². The fourth-order valence-corrected chi connectivity index (χ4v) is 2.12. The molecule has 0 saturated heterocycles. The molecule has 0 radical (unpaired) electrons. The summed E-state index contributed by atoms with van der Waals surface area (Å²) in [6, 6.07) is 6.13. The van der Waals surface area contributed by atoms with Crippen molar-refractivity contribution in [2.75, 3.05) is 12.8 Å². The van der Waals surface area contributed by atoms with Crippen LogP contribution in [-0.4, -0.2) is 18.1 Å². The summed E-state index contributed by atoms with van der Waals surface area (Å²) in [6.07, 6.45) is 0. The number of hydrogen-bond acceptors (Lipinski definition) is 5. The van der Waals surface area contributed by atoms with Gasteiger partial charge in [0.2, 0.25) is 5.95 Å². The van der Waals surface area contributed by atoms with Gasteiger partial charge in [0.1, 0.15) is 12.4 Å². The van der Waals surface area contributed by atoms with Crippen molar-refractivity contribution in [3.8, 4) is 5.75 Å². The summed E-state index contributed by atoms with van der Waals surface area (Å²) in [7, 11) is 1.31. The predicted molar refractivity (Wildman–Crippen MR) is 80.2 cm³/mol. The van der Waals surface area contributed by atoms with Gasteiger partial charge >= 0.3 is 5.97 Å². The highest BCUT2D eigenvalue weighted by atomic mass is 19.1. The van der Waals surface area contributed by atoms with Gasteiger partial charge in [0.05, 0.1) is 18.4 Å². The number of carbonyl (C=O) groups excluding carboxylic acids is 1. The van der Waals surface area contributed by atoms with Gasteiger partial charge < -0.3 is 15.2 Å². The number of methoxy groups -OCH3 is 1. The molecule has 0 saturated carbocycles. The third-order valence-electron chi connectivity index (χ3n) is 3.37. The lowest BCUT2D eigenvalue weighted by Gasteiger charge is -2.14. The van der Waals surface area contributed by atoms with Gasteiger partial charge in [-0.15, -0.1) is 0 Å². The lowest BCUT2D eigenvalue weighted by atomic mass is 10.0. The van der Waals surface area contributed by atoms with Crippen LogP contribution in [0.2, 0.25) is 0 Å². The first-order valence-corrected chi connectivity index (χ1v) is 6.66. The summed E-state index contributed by atoms with van der Waals surface area (Å²) in [4.78, 5) is 15.6. The molecule has 0 amide bonds. The predicted octanol–water partition coefficient (Wildman–Crippen LogP) is 2.79. The van der Waals surface area contributed by atoms with Gasteiger partial charge in [0.15, 0.2) is 0 Å². The molecule has 0 fully saturated rings. The minimum Gasteiger partial charge on any atom is -0.487 e. The Morgan fingerprint density at radius 3 is 2.64 bits per heavy atom. The zero-order valence-electron chi connectivity index (χ0n) is 12.6. The second-order valence-electron chi connectivity index (χ2n) is 4.81. The molecule has 1 heterocycles. The molecule has 5 nitrogen and oxygen atoms in total. The first kappa shape index (κ1) is 15.8. The van der Waals surface area contributed by atoms with Crippen LogP contribution in [0.5, 0.6) is 5.75 Å². The second kappa shape index (κ2) is 6.43. The number of rotatable bonds is 4. The maximum absolute atomic E-state index is 13.0. The molecule has 22 heavy (non-hydrogen) atoms. The molecule has 0 aliphatic rings. The molecule has 2 N–H and O–H groups in total. The topological polar surface area (TPSA) is 74.4 Å². The van der Waals surface area contributed by atoms with Crippen LogP contribution in [0.15, 0.2) is 24.3 Å². The van der Waals surface area contributed by atoms with Crippen molar-refractivity contribution in [3.05, 3.63) is 52.6 Å². The number of ether oxygens (including phenoxy) is 2. The molecule has 1 aromatic heterocycles. The monoisotopic (exact) mass is 304 g/mol. The van der Waals surface area contributed by atoms with Crippen molar-refractivity contribution in [3.63, 3.8) is 0 Å². The van der Waals surface area contributed by atoms with E-state index < -0.39 is 11.9 Å². The van der Waals surface area contributed by atoms with E-state index in [4.69, 9.17) is 15.2 Å². The van der Waals surface area contributed by atoms with E-state index >= 15 is 0 Å².